The molecular weight excluding hydrogens is 2070 g/mol. The monoisotopic (exact) mass is 2150 g/mol. The van der Waals surface area contributed by atoms with Crippen molar-refractivity contribution in [2.75, 3.05) is 25.8 Å². The van der Waals surface area contributed by atoms with Gasteiger partial charge in [0.2, 0.25) is 17.1 Å². The Bertz CT molecular complexity index is 7720. The lowest BCUT2D eigenvalue weighted by molar-refractivity contribution is 0.425. The highest BCUT2D eigenvalue weighted by molar-refractivity contribution is 14.1. The third kappa shape index (κ3) is 17.1. The van der Waals surface area contributed by atoms with Gasteiger partial charge in [-0.15, -0.1) is 0 Å². The van der Waals surface area contributed by atoms with Gasteiger partial charge < -0.3 is 38.8 Å². The normalized spacial score (nSPS) is 11.2. The summed E-state index contributed by atoms with van der Waals surface area (Å²) < 4.78 is 33.4. The Balaban J connectivity index is 0.000000116. The number of nitrogens with one attached hydrogen (secondary N) is 1. The van der Waals surface area contributed by atoms with Gasteiger partial charge in [0.05, 0.1) is 32.7 Å². The summed E-state index contributed by atoms with van der Waals surface area (Å²) in [6.45, 7) is 0. The van der Waals surface area contributed by atoms with Crippen molar-refractivity contribution >= 4 is 268 Å². The third-order valence-electron chi connectivity index (χ3n) is 21.9. The number of rotatable bonds is 8. The van der Waals surface area contributed by atoms with Crippen LogP contribution in [-0.4, -0.2) is 45.7 Å². The Morgan fingerprint density at radius 3 is 1.20 bits per heavy atom. The first kappa shape index (κ1) is 84.8. The molecule has 5 N–H and O–H groups in total. The second-order valence-corrected chi connectivity index (χ2v) is 31.8. The molecule has 0 bridgehead atoms. The largest absolute Gasteiger partial charge is 0.488 e. The van der Waals surface area contributed by atoms with Gasteiger partial charge in [0, 0.05) is 96.3 Å². The van der Waals surface area contributed by atoms with E-state index in [-0.39, 0.29) is 0 Å². The Kier molecular flexibility index (Phi) is 26.3. The average Bonchev–Trinajstić information content (AvgIpc) is 1.57. The van der Waals surface area contributed by atoms with Gasteiger partial charge in [0.1, 0.15) is 27.9 Å². The lowest BCUT2D eigenvalue weighted by atomic mass is 9.81. The molecule has 24 rings (SSSR count). The number of fused-ring (bicyclic) bond motifs is 21. The maximum Gasteiger partial charge on any atom is 0.488 e. The molecule has 0 radical (unpaired) electrons. The van der Waals surface area contributed by atoms with E-state index in [0.717, 1.165) is 164 Å². The van der Waals surface area contributed by atoms with E-state index in [9.17, 15) is 0 Å². The molecular formula is C106H78BBrClI4N5O6. The minimum Gasteiger partial charge on any atom is -0.456 e. The van der Waals surface area contributed by atoms with Gasteiger partial charge in [-0.1, -0.05) is 320 Å². The zero-order valence-electron chi connectivity index (χ0n) is 67.3. The number of alkyl halides is 3. The highest BCUT2D eigenvalue weighted by atomic mass is 127. The van der Waals surface area contributed by atoms with Crippen molar-refractivity contribution in [1.82, 2.24) is 13.7 Å². The van der Waals surface area contributed by atoms with Crippen LogP contribution in [0.5, 0.6) is 0 Å². The van der Waals surface area contributed by atoms with Crippen LogP contribution in [0, 0.1) is 3.57 Å². The van der Waals surface area contributed by atoms with E-state index in [1.165, 1.54) is 54.9 Å². The fraction of sp³-hybridized carbons (Fsp3) is 0.0377. The summed E-state index contributed by atoms with van der Waals surface area (Å²) in [5.41, 5.74) is 33.1. The molecule has 124 heavy (non-hydrogen) atoms. The molecule has 16 aromatic carbocycles. The summed E-state index contributed by atoms with van der Waals surface area (Å²) in [6, 6.07) is 129. The number of hydrogen-bond acceptors (Lipinski definition) is 8. The lowest BCUT2D eigenvalue weighted by Gasteiger charge is -2.11. The van der Waals surface area contributed by atoms with Gasteiger partial charge in [-0.05, 0) is 239 Å². The highest BCUT2D eigenvalue weighted by Crippen LogP contribution is 2.45. The second kappa shape index (κ2) is 38.4. The molecule has 11 nitrogen and oxygen atoms in total. The van der Waals surface area contributed by atoms with E-state index in [2.05, 4.69) is 362 Å². The molecule has 0 spiro atoms. The molecule has 1 aliphatic rings. The SMILES string of the molecule is Brc1ccc2c3c4ccccc4oc3n(-c3ccccc3)c2c1.CI.CI.CI.Clc1ccc(-c2ccc3c4c5ccccc5oc4n(-c4ccccc4)c3c2)cc1.Nc1ccc2c(c1)oc1ccccc12.OB(O)c1ccc(I)cc1.c1ccc(-n2c3cc(-c4ccc(Nc5ccc6c(c5)Cc5ccccc5-6)cc4)ccc3c3c4ccccc4oc32)cc1. The first-order valence-corrected chi connectivity index (χ1v) is 48.6. The zero-order chi connectivity index (χ0) is 85.5. The van der Waals surface area contributed by atoms with E-state index < -0.39 is 7.12 Å². The number of hydrogen-bond donors (Lipinski definition) is 4. The summed E-state index contributed by atoms with van der Waals surface area (Å²) in [5.74, 6) is 0. The zero-order valence-corrected chi connectivity index (χ0v) is 78.3. The molecule has 23 aromatic rings. The van der Waals surface area contributed by atoms with Gasteiger partial charge in [-0.3, -0.25) is 13.7 Å². The maximum atomic E-state index is 8.67. The van der Waals surface area contributed by atoms with Gasteiger partial charge in [-0.2, -0.15) is 0 Å². The van der Waals surface area contributed by atoms with Crippen molar-refractivity contribution in [1.29, 1.82) is 0 Å². The number of nitrogens with zero attached hydrogens (tertiary/aromatic N) is 3. The van der Waals surface area contributed by atoms with Crippen LogP contribution in [0.4, 0.5) is 17.1 Å². The quantitative estimate of drug-likeness (QED) is 0.0509. The molecule has 7 aromatic heterocycles. The number of benzene rings is 16. The van der Waals surface area contributed by atoms with Crippen LogP contribution >= 0.6 is 118 Å². The molecule has 0 fully saturated rings. The average molecular weight is 2150 g/mol. The Morgan fingerprint density at radius 2 is 0.718 bits per heavy atom. The first-order chi connectivity index (χ1) is 61.0. The summed E-state index contributed by atoms with van der Waals surface area (Å²) in [6.07, 6.45) is 0.993. The predicted molar refractivity (Wildman–Crippen MR) is 560 cm³/mol. The maximum absolute atomic E-state index is 8.67. The predicted octanol–water partition coefficient (Wildman–Crippen LogP) is 30.9. The van der Waals surface area contributed by atoms with Crippen molar-refractivity contribution in [2.45, 2.75) is 6.42 Å². The molecule has 0 aliphatic heterocycles. The number of nitrogens with two attached hydrogens (primary N) is 1. The van der Waals surface area contributed by atoms with E-state index in [4.69, 9.17) is 45.1 Å². The van der Waals surface area contributed by atoms with Gasteiger partial charge >= 0.3 is 7.12 Å². The minimum atomic E-state index is -1.35. The van der Waals surface area contributed by atoms with Crippen LogP contribution in [-0.2, 0) is 6.42 Å². The van der Waals surface area contributed by atoms with Gasteiger partial charge in [-0.25, -0.2) is 0 Å². The molecule has 1 aliphatic carbocycles. The molecule has 0 saturated heterocycles. The van der Waals surface area contributed by atoms with E-state index in [1.807, 2.05) is 142 Å². The molecule has 608 valence electrons. The van der Waals surface area contributed by atoms with Gasteiger partial charge in [0.15, 0.2) is 0 Å². The molecule has 0 amide bonds. The standard InChI is InChI=1S/C39H26N2O.C26H16ClNO.C20H12BrNO.C12H9NO.C6H6BIO2.3CH3I/c1-2-9-31(10-3-1)41-36-24-26(16-20-34(36)38-35-12-6-7-13-37(35)42-39(38)41)25-14-17-29(18-15-25)40-30-19-21-33-28(23-30)22-27-8-4-5-11-32(27)33;27-19-13-10-17(11-14-19)18-12-15-21-23(16-18)28(20-6-2-1-3-7-20)26-25(21)22-8-4-5-9-24(22)29-26;21-13-10-11-15-17(12-13)22(14-6-2-1-3-7-14)20-19(15)16-8-4-5-9-18(16)23-20;13-8-5-6-10-9-3-1-2-4-11(9)14-12(10)7-8;8-6-3-1-5(2-4-6)7(9)10;3*1-2/h1-21,23-24,40H,22H2;1-16H;1-12H;1-7H,13H2;1-4,9-10H;3*1H3. The van der Waals surface area contributed by atoms with Gasteiger partial charge in [0.25, 0.3) is 0 Å². The highest BCUT2D eigenvalue weighted by Gasteiger charge is 2.25. The third-order valence-corrected chi connectivity index (χ3v) is 23.4. The first-order valence-electron chi connectivity index (χ1n) is 39.9. The fourth-order valence-electron chi connectivity index (χ4n) is 16.5. The van der Waals surface area contributed by atoms with Crippen LogP contribution in [0.3, 0.4) is 0 Å². The van der Waals surface area contributed by atoms with Crippen LogP contribution in [0.25, 0.3) is 171 Å². The number of furan rings is 4. The number of aromatic nitrogens is 3. The molecule has 0 atom stereocenters. The molecule has 0 unspecified atom stereocenters. The number of anilines is 3. The number of halogens is 6. The number of nitrogen functional groups attached to an aromatic ring is 1. The van der Waals surface area contributed by atoms with Crippen molar-refractivity contribution in [3.05, 3.63) is 400 Å². The molecule has 7 heterocycles. The van der Waals surface area contributed by atoms with Crippen molar-refractivity contribution in [2.24, 2.45) is 0 Å². The summed E-state index contributed by atoms with van der Waals surface area (Å²) in [4.78, 5) is 5.91. The summed E-state index contributed by atoms with van der Waals surface area (Å²) in [5, 5.41) is 34.5. The lowest BCUT2D eigenvalue weighted by Crippen LogP contribution is -2.29. The fourth-order valence-corrected chi connectivity index (χ4v) is 17.3. The number of para-hydroxylation sites is 7. The Hall–Kier alpha value is -11.4. The van der Waals surface area contributed by atoms with E-state index >= 15 is 0 Å². The van der Waals surface area contributed by atoms with Crippen molar-refractivity contribution in [3.8, 4) is 50.4 Å². The smallest absolute Gasteiger partial charge is 0.456 e. The van der Waals surface area contributed by atoms with Crippen LogP contribution in [0.15, 0.2) is 398 Å². The molecule has 0 saturated carbocycles. The van der Waals surface area contributed by atoms with E-state index in [1.54, 1.807) is 12.1 Å². The van der Waals surface area contributed by atoms with Crippen LogP contribution < -0.4 is 16.5 Å². The second-order valence-electron chi connectivity index (χ2n) is 29.2. The van der Waals surface area contributed by atoms with E-state index in [0.29, 0.717) is 5.46 Å². The van der Waals surface area contributed by atoms with Crippen molar-refractivity contribution < 1.29 is 27.7 Å². The summed E-state index contributed by atoms with van der Waals surface area (Å²) in [7, 11) is -1.35. The minimum absolute atomic E-state index is 0.528. The summed E-state index contributed by atoms with van der Waals surface area (Å²) >= 11 is 18.3. The van der Waals surface area contributed by atoms with Crippen molar-refractivity contribution in [3.63, 3.8) is 0 Å². The topological polar surface area (TPSA) is 146 Å². The van der Waals surface area contributed by atoms with Crippen LogP contribution in [0.2, 0.25) is 5.02 Å². The Labute approximate surface area is 784 Å². The van der Waals surface area contributed by atoms with Crippen LogP contribution in [0.1, 0.15) is 11.1 Å². The Morgan fingerprint density at radius 1 is 0.339 bits per heavy atom. The molecule has 18 heteroatoms.